The van der Waals surface area contributed by atoms with Crippen LogP contribution < -0.4 is 9.47 Å². The Bertz CT molecular complexity index is 1200. The van der Waals surface area contributed by atoms with Gasteiger partial charge in [0, 0.05) is 43.7 Å². The van der Waals surface area contributed by atoms with E-state index in [1.165, 1.54) is 35.5 Å². The van der Waals surface area contributed by atoms with Crippen molar-refractivity contribution in [2.45, 2.75) is 13.5 Å². The van der Waals surface area contributed by atoms with Crippen LogP contribution in [0.5, 0.6) is 11.5 Å². The van der Waals surface area contributed by atoms with Crippen LogP contribution in [0.3, 0.4) is 0 Å². The van der Waals surface area contributed by atoms with E-state index in [1.54, 1.807) is 28.8 Å². The molecule has 12 nitrogen and oxygen atoms in total. The lowest BCUT2D eigenvalue weighted by atomic mass is 10.1. The molecule has 1 fully saturated rings. The van der Waals surface area contributed by atoms with Crippen molar-refractivity contribution in [3.8, 4) is 11.5 Å². The van der Waals surface area contributed by atoms with Crippen molar-refractivity contribution in [2.24, 2.45) is 0 Å². The van der Waals surface area contributed by atoms with Crippen LogP contribution in [-0.2, 0) is 6.61 Å². The van der Waals surface area contributed by atoms with E-state index < -0.39 is 16.5 Å². The summed E-state index contributed by atoms with van der Waals surface area (Å²) < 4.78 is 16.0. The molecular weight excluding hydrogens is 466 g/mol. The van der Waals surface area contributed by atoms with Crippen LogP contribution in [-0.4, -0.2) is 70.0 Å². The number of benzene rings is 1. The average molecular weight is 487 g/mol. The van der Waals surface area contributed by atoms with E-state index in [1.807, 2.05) is 0 Å². The molecule has 3 heterocycles. The first kappa shape index (κ1) is 23.2. The smallest absolute Gasteiger partial charge is 0.292 e. The Morgan fingerprint density at radius 2 is 1.85 bits per heavy atom. The normalized spacial score (nSPS) is 13.6. The molecule has 4 rings (SSSR count). The molecule has 0 radical (unpaired) electrons. The lowest BCUT2D eigenvalue weighted by Crippen LogP contribution is -2.50. The van der Waals surface area contributed by atoms with Gasteiger partial charge < -0.3 is 23.8 Å². The van der Waals surface area contributed by atoms with E-state index >= 15 is 0 Å². The Morgan fingerprint density at radius 1 is 1.15 bits per heavy atom. The molecule has 0 bridgehead atoms. The molecule has 0 unspecified atom stereocenters. The van der Waals surface area contributed by atoms with Gasteiger partial charge in [-0.2, -0.15) is 0 Å². The number of aryl methyl sites for hydroxylation is 1. The lowest BCUT2D eigenvalue weighted by molar-refractivity contribution is -0.385. The number of amides is 2. The van der Waals surface area contributed by atoms with Crippen molar-refractivity contribution < 1.29 is 28.5 Å². The van der Waals surface area contributed by atoms with Crippen LogP contribution in [0.2, 0.25) is 0 Å². The second-order valence-corrected chi connectivity index (χ2v) is 8.18. The molecule has 0 spiro atoms. The zero-order valence-electron chi connectivity index (χ0n) is 18.4. The van der Waals surface area contributed by atoms with Crippen LogP contribution in [0.4, 0.5) is 5.69 Å². The molecule has 1 saturated heterocycles. The van der Waals surface area contributed by atoms with Gasteiger partial charge in [0.2, 0.25) is 5.76 Å². The number of nitro benzene ring substituents is 1. The van der Waals surface area contributed by atoms with Gasteiger partial charge in [-0.05, 0) is 6.92 Å². The van der Waals surface area contributed by atoms with E-state index in [-0.39, 0.29) is 61.5 Å². The second-order valence-electron chi connectivity index (χ2n) is 7.46. The van der Waals surface area contributed by atoms with E-state index in [2.05, 4.69) is 10.1 Å². The van der Waals surface area contributed by atoms with Crippen molar-refractivity contribution in [3.05, 3.63) is 61.9 Å². The van der Waals surface area contributed by atoms with Crippen LogP contribution in [0.25, 0.3) is 0 Å². The number of thiazole rings is 1. The number of carbonyl (C=O) groups excluding carboxylic acids is 2. The largest absolute Gasteiger partial charge is 0.493 e. The molecule has 0 aliphatic carbocycles. The summed E-state index contributed by atoms with van der Waals surface area (Å²) in [4.78, 5) is 44.0. The zero-order valence-corrected chi connectivity index (χ0v) is 19.2. The molecule has 2 amide bonds. The van der Waals surface area contributed by atoms with Gasteiger partial charge in [0.1, 0.15) is 12.2 Å². The predicted molar refractivity (Wildman–Crippen MR) is 119 cm³/mol. The quantitative estimate of drug-likeness (QED) is 0.363. The minimum Gasteiger partial charge on any atom is -0.493 e. The number of hydrogen-bond acceptors (Lipinski definition) is 10. The first-order valence-electron chi connectivity index (χ1n) is 10.3. The van der Waals surface area contributed by atoms with E-state index in [0.29, 0.717) is 11.4 Å². The van der Waals surface area contributed by atoms with E-state index in [9.17, 15) is 19.7 Å². The second kappa shape index (κ2) is 9.87. The highest BCUT2D eigenvalue weighted by atomic mass is 32.1. The van der Waals surface area contributed by atoms with Gasteiger partial charge in [0.05, 0.1) is 35.0 Å². The molecule has 0 saturated carbocycles. The summed E-state index contributed by atoms with van der Waals surface area (Å²) in [6, 6.07) is 4.05. The summed E-state index contributed by atoms with van der Waals surface area (Å²) in [5.41, 5.74) is 2.41. The highest BCUT2D eigenvalue weighted by molar-refractivity contribution is 7.07. The Hall–Kier alpha value is -4.00. The summed E-state index contributed by atoms with van der Waals surface area (Å²) in [7, 11) is 1.39. The number of rotatable bonds is 7. The Labute approximate surface area is 197 Å². The fraction of sp³-hybridized carbons (Fsp3) is 0.333. The summed E-state index contributed by atoms with van der Waals surface area (Å²) in [5, 5.41) is 17.3. The number of nitrogens with zero attached hydrogens (tertiary/aromatic N) is 5. The number of hydrogen-bond donors (Lipinski definition) is 0. The third-order valence-electron chi connectivity index (χ3n) is 5.26. The fourth-order valence-electron chi connectivity index (χ4n) is 3.51. The van der Waals surface area contributed by atoms with E-state index in [0.717, 1.165) is 0 Å². The first-order chi connectivity index (χ1) is 16.4. The molecular formula is C21H21N5O7S. The summed E-state index contributed by atoms with van der Waals surface area (Å²) in [6.07, 6.45) is 0. The molecule has 34 heavy (non-hydrogen) atoms. The summed E-state index contributed by atoms with van der Waals surface area (Å²) in [6.45, 7) is 2.74. The van der Waals surface area contributed by atoms with Crippen LogP contribution >= 0.6 is 11.3 Å². The minimum absolute atomic E-state index is 0.102. The van der Waals surface area contributed by atoms with Gasteiger partial charge in [-0.3, -0.25) is 19.7 Å². The van der Waals surface area contributed by atoms with Crippen molar-refractivity contribution in [3.63, 3.8) is 0 Å². The van der Waals surface area contributed by atoms with Gasteiger partial charge >= 0.3 is 0 Å². The van der Waals surface area contributed by atoms with Gasteiger partial charge in [0.15, 0.2) is 11.5 Å². The average Bonchev–Trinajstić information content (AvgIpc) is 3.53. The van der Waals surface area contributed by atoms with Crippen molar-refractivity contribution >= 4 is 28.8 Å². The molecule has 0 N–H and O–H groups in total. The number of methoxy groups -OCH3 is 1. The Kier molecular flexibility index (Phi) is 6.72. The standard InChI is InChI=1S/C21H21N5O7S/c1-13-7-19(33-23-13)21(28)25-5-3-24(4-6-25)20(27)15-8-17(31-2)18(9-16(15)26(29)30)32-10-14-11-34-12-22-14/h7-9,11-12H,3-6,10H2,1-2H3. The van der Waals surface area contributed by atoms with Gasteiger partial charge in [-0.1, -0.05) is 5.16 Å². The maximum atomic E-state index is 13.2. The summed E-state index contributed by atoms with van der Waals surface area (Å²) in [5.74, 6) is -0.387. The Balaban J connectivity index is 1.49. The van der Waals surface area contributed by atoms with E-state index in [4.69, 9.17) is 14.0 Å². The van der Waals surface area contributed by atoms with Crippen molar-refractivity contribution in [1.29, 1.82) is 0 Å². The summed E-state index contributed by atoms with van der Waals surface area (Å²) >= 11 is 1.40. The maximum absolute atomic E-state index is 13.2. The zero-order chi connectivity index (χ0) is 24.2. The molecule has 0 atom stereocenters. The molecule has 1 aliphatic rings. The maximum Gasteiger partial charge on any atom is 0.292 e. The Morgan fingerprint density at radius 3 is 2.41 bits per heavy atom. The van der Waals surface area contributed by atoms with Crippen molar-refractivity contribution in [1.82, 2.24) is 19.9 Å². The molecule has 178 valence electrons. The number of ether oxygens (including phenoxy) is 2. The van der Waals surface area contributed by atoms with Crippen LogP contribution in [0, 0.1) is 17.0 Å². The first-order valence-corrected chi connectivity index (χ1v) is 11.2. The van der Waals surface area contributed by atoms with Gasteiger partial charge in [0.25, 0.3) is 17.5 Å². The number of nitro groups is 1. The molecule has 1 aromatic carbocycles. The molecule has 2 aromatic heterocycles. The highest BCUT2D eigenvalue weighted by Crippen LogP contribution is 2.36. The number of aromatic nitrogens is 2. The fourth-order valence-corrected chi connectivity index (χ4v) is 4.05. The van der Waals surface area contributed by atoms with Gasteiger partial charge in [-0.15, -0.1) is 11.3 Å². The van der Waals surface area contributed by atoms with Crippen LogP contribution in [0.15, 0.2) is 33.6 Å². The molecule has 1 aliphatic heterocycles. The van der Waals surface area contributed by atoms with Gasteiger partial charge in [-0.25, -0.2) is 4.98 Å². The topological polar surface area (TPSA) is 141 Å². The number of piperazine rings is 1. The lowest BCUT2D eigenvalue weighted by Gasteiger charge is -2.34. The number of carbonyl (C=O) groups is 2. The van der Waals surface area contributed by atoms with Crippen LogP contribution in [0.1, 0.15) is 32.3 Å². The monoisotopic (exact) mass is 487 g/mol. The highest BCUT2D eigenvalue weighted by Gasteiger charge is 2.32. The minimum atomic E-state index is -0.631. The third-order valence-corrected chi connectivity index (χ3v) is 5.90. The SMILES string of the molecule is COc1cc(C(=O)N2CCN(C(=O)c3cc(C)no3)CC2)c([N+](=O)[O-])cc1OCc1cscn1. The molecule has 13 heteroatoms. The van der Waals surface area contributed by atoms with Crippen molar-refractivity contribution in [2.75, 3.05) is 33.3 Å². The molecule has 3 aromatic rings. The predicted octanol–water partition coefficient (Wildman–Crippen LogP) is 2.53. The third kappa shape index (κ3) is 4.83.